The van der Waals surface area contributed by atoms with E-state index in [2.05, 4.69) is 75.4 Å². The van der Waals surface area contributed by atoms with Crippen molar-refractivity contribution in [1.29, 1.82) is 5.41 Å². The van der Waals surface area contributed by atoms with Gasteiger partial charge in [0.2, 0.25) is 0 Å². The Morgan fingerprint density at radius 2 is 1.62 bits per heavy atom. The minimum Gasteiger partial charge on any atom is -0.308 e. The second kappa shape index (κ2) is 6.53. The van der Waals surface area contributed by atoms with Gasteiger partial charge in [-0.15, -0.1) is 0 Å². The third kappa shape index (κ3) is 4.16. The first kappa shape index (κ1) is 15.2. The Bertz CT molecular complexity index is 630. The van der Waals surface area contributed by atoms with E-state index in [-0.39, 0.29) is 5.41 Å². The molecule has 1 N–H and O–H groups in total. The highest BCUT2D eigenvalue weighted by atomic mass is 14.4. The molecule has 0 bridgehead atoms. The van der Waals surface area contributed by atoms with Gasteiger partial charge in [0.15, 0.2) is 0 Å². The Morgan fingerprint density at radius 3 is 2.24 bits per heavy atom. The van der Waals surface area contributed by atoms with Crippen LogP contribution in [0.5, 0.6) is 0 Å². The smallest absolute Gasteiger partial charge is 0.0212 e. The Balaban J connectivity index is 2.23. The molecule has 0 heterocycles. The summed E-state index contributed by atoms with van der Waals surface area (Å²) in [5.74, 6) is 0. The van der Waals surface area contributed by atoms with Gasteiger partial charge < -0.3 is 5.41 Å². The molecule has 0 saturated heterocycles. The van der Waals surface area contributed by atoms with Crippen LogP contribution in [-0.4, -0.2) is 6.21 Å². The Labute approximate surface area is 127 Å². The third-order valence-corrected chi connectivity index (χ3v) is 3.61. The number of hydrogen-bond acceptors (Lipinski definition) is 1. The average molecular weight is 277 g/mol. The molecule has 0 radical (unpaired) electrons. The standard InChI is InChI=1S/C20H23N/c1-20(2,3)19(15-21)13-12-16-8-7-11-18(14-16)17-9-5-4-6-10-17/h4-11,13-15,21H,12H2,1-3H3/b19-13+,21-15?. The first-order valence-corrected chi connectivity index (χ1v) is 7.36. The molecule has 0 saturated carbocycles. The highest BCUT2D eigenvalue weighted by Crippen LogP contribution is 2.25. The maximum Gasteiger partial charge on any atom is 0.0212 e. The second-order valence-corrected chi connectivity index (χ2v) is 6.32. The van der Waals surface area contributed by atoms with E-state index in [4.69, 9.17) is 5.41 Å². The van der Waals surface area contributed by atoms with Crippen molar-refractivity contribution in [2.75, 3.05) is 0 Å². The van der Waals surface area contributed by atoms with E-state index in [1.807, 2.05) is 6.07 Å². The van der Waals surface area contributed by atoms with Crippen LogP contribution in [0.1, 0.15) is 26.3 Å². The van der Waals surface area contributed by atoms with Crippen LogP contribution in [0.15, 0.2) is 66.2 Å². The zero-order chi connectivity index (χ0) is 15.3. The fourth-order valence-corrected chi connectivity index (χ4v) is 2.32. The number of nitrogens with one attached hydrogen (secondary N) is 1. The van der Waals surface area contributed by atoms with Crippen molar-refractivity contribution in [3.63, 3.8) is 0 Å². The van der Waals surface area contributed by atoms with Crippen molar-refractivity contribution in [2.45, 2.75) is 27.2 Å². The van der Waals surface area contributed by atoms with Crippen molar-refractivity contribution in [1.82, 2.24) is 0 Å². The minimum absolute atomic E-state index is 0.0266. The summed E-state index contributed by atoms with van der Waals surface area (Å²) in [7, 11) is 0. The molecule has 0 atom stereocenters. The van der Waals surface area contributed by atoms with Crippen LogP contribution >= 0.6 is 0 Å². The van der Waals surface area contributed by atoms with Gasteiger partial charge in [-0.3, -0.25) is 0 Å². The van der Waals surface area contributed by atoms with Crippen molar-refractivity contribution in [3.05, 3.63) is 71.8 Å². The lowest BCUT2D eigenvalue weighted by atomic mass is 9.86. The molecule has 0 amide bonds. The van der Waals surface area contributed by atoms with Gasteiger partial charge in [-0.2, -0.15) is 0 Å². The van der Waals surface area contributed by atoms with Crippen LogP contribution in [0, 0.1) is 10.8 Å². The van der Waals surface area contributed by atoms with Crippen molar-refractivity contribution >= 4 is 6.21 Å². The molecule has 0 aliphatic carbocycles. The first-order valence-electron chi connectivity index (χ1n) is 7.36. The van der Waals surface area contributed by atoms with Crippen LogP contribution in [0.2, 0.25) is 0 Å². The van der Waals surface area contributed by atoms with Crippen LogP contribution in [0.25, 0.3) is 11.1 Å². The lowest BCUT2D eigenvalue weighted by Gasteiger charge is -2.19. The lowest BCUT2D eigenvalue weighted by Crippen LogP contribution is -2.10. The molecule has 2 aromatic carbocycles. The van der Waals surface area contributed by atoms with Crippen LogP contribution in [0.3, 0.4) is 0 Å². The van der Waals surface area contributed by atoms with Gasteiger partial charge in [0.05, 0.1) is 0 Å². The van der Waals surface area contributed by atoms with Crippen molar-refractivity contribution < 1.29 is 0 Å². The SMILES string of the molecule is CC(C)(C)/C(C=N)=C/Cc1cccc(-c2ccccc2)c1. The van der Waals surface area contributed by atoms with E-state index in [9.17, 15) is 0 Å². The largest absolute Gasteiger partial charge is 0.308 e. The zero-order valence-electron chi connectivity index (χ0n) is 13.1. The first-order chi connectivity index (χ1) is 10.0. The summed E-state index contributed by atoms with van der Waals surface area (Å²) in [6.45, 7) is 6.43. The Morgan fingerprint density at radius 1 is 0.952 bits per heavy atom. The summed E-state index contributed by atoms with van der Waals surface area (Å²) < 4.78 is 0. The molecular weight excluding hydrogens is 254 g/mol. The summed E-state index contributed by atoms with van der Waals surface area (Å²) in [5.41, 5.74) is 4.87. The molecule has 0 fully saturated rings. The molecular formula is C20H23N. The number of benzene rings is 2. The van der Waals surface area contributed by atoms with Gasteiger partial charge in [0.1, 0.15) is 0 Å². The normalized spacial score (nSPS) is 12.2. The van der Waals surface area contributed by atoms with Gasteiger partial charge in [-0.1, -0.05) is 81.4 Å². The maximum atomic E-state index is 7.56. The summed E-state index contributed by atoms with van der Waals surface area (Å²) >= 11 is 0. The summed E-state index contributed by atoms with van der Waals surface area (Å²) in [5, 5.41) is 7.56. The van der Waals surface area contributed by atoms with Gasteiger partial charge in [0.25, 0.3) is 0 Å². The number of hydrogen-bond donors (Lipinski definition) is 1. The van der Waals surface area contributed by atoms with Crippen LogP contribution < -0.4 is 0 Å². The van der Waals surface area contributed by atoms with Gasteiger partial charge in [0, 0.05) is 6.21 Å². The molecule has 0 aliphatic heterocycles. The molecule has 2 aromatic rings. The average Bonchev–Trinajstić information content (AvgIpc) is 2.48. The predicted octanol–water partition coefficient (Wildman–Crippen LogP) is 5.52. The minimum atomic E-state index is 0.0266. The number of allylic oxidation sites excluding steroid dienone is 2. The molecule has 1 nitrogen and oxygen atoms in total. The second-order valence-electron chi connectivity index (χ2n) is 6.32. The van der Waals surface area contributed by atoms with Crippen molar-refractivity contribution in [2.24, 2.45) is 5.41 Å². The highest BCUT2D eigenvalue weighted by Gasteiger charge is 2.14. The van der Waals surface area contributed by atoms with Crippen LogP contribution in [-0.2, 0) is 6.42 Å². The fourth-order valence-electron chi connectivity index (χ4n) is 2.32. The van der Waals surface area contributed by atoms with E-state index in [0.29, 0.717) is 0 Å². The molecule has 0 aliphatic rings. The molecule has 0 unspecified atom stereocenters. The van der Waals surface area contributed by atoms with Crippen molar-refractivity contribution in [3.8, 4) is 11.1 Å². The van der Waals surface area contributed by atoms with Crippen LogP contribution in [0.4, 0.5) is 0 Å². The molecule has 0 aromatic heterocycles. The van der Waals surface area contributed by atoms with E-state index in [1.165, 1.54) is 22.9 Å². The summed E-state index contributed by atoms with van der Waals surface area (Å²) in [6.07, 6.45) is 4.50. The van der Waals surface area contributed by atoms with Gasteiger partial charge >= 0.3 is 0 Å². The molecule has 21 heavy (non-hydrogen) atoms. The van der Waals surface area contributed by atoms with E-state index in [1.54, 1.807) is 0 Å². The zero-order valence-corrected chi connectivity index (χ0v) is 13.1. The molecule has 0 spiro atoms. The monoisotopic (exact) mass is 277 g/mol. The lowest BCUT2D eigenvalue weighted by molar-refractivity contribution is 0.524. The molecule has 2 rings (SSSR count). The summed E-state index contributed by atoms with van der Waals surface area (Å²) in [6, 6.07) is 19.1. The maximum absolute atomic E-state index is 7.56. The predicted molar refractivity (Wildman–Crippen MR) is 91.9 cm³/mol. The topological polar surface area (TPSA) is 23.9 Å². The fraction of sp³-hybridized carbons (Fsp3) is 0.250. The van der Waals surface area contributed by atoms with E-state index in [0.717, 1.165) is 12.0 Å². The summed E-state index contributed by atoms with van der Waals surface area (Å²) in [4.78, 5) is 0. The van der Waals surface area contributed by atoms with E-state index < -0.39 is 0 Å². The third-order valence-electron chi connectivity index (χ3n) is 3.61. The quantitative estimate of drug-likeness (QED) is 0.712. The molecule has 1 heteroatoms. The Kier molecular flexibility index (Phi) is 4.74. The van der Waals surface area contributed by atoms with Gasteiger partial charge in [-0.25, -0.2) is 0 Å². The Hall–Kier alpha value is -2.15. The van der Waals surface area contributed by atoms with Gasteiger partial charge in [-0.05, 0) is 34.1 Å². The number of rotatable bonds is 4. The highest BCUT2D eigenvalue weighted by molar-refractivity contribution is 5.77. The molecule has 108 valence electrons. The van der Waals surface area contributed by atoms with E-state index >= 15 is 0 Å².